The zero-order valence-electron chi connectivity index (χ0n) is 20.7. The summed E-state index contributed by atoms with van der Waals surface area (Å²) in [5.41, 5.74) is 5.10. The molecule has 1 unspecified atom stereocenters. The number of carbonyl (C=O) groups is 2. The number of fused-ring (bicyclic) bond motifs is 1. The maximum absolute atomic E-state index is 13.7. The van der Waals surface area contributed by atoms with Crippen LogP contribution in [0, 0.1) is 30.9 Å². The van der Waals surface area contributed by atoms with Gasteiger partial charge in [0.2, 0.25) is 5.91 Å². The SMILES string of the molecule is Cc1nn(C(C)C(=O)Nc2c(C(N)=O)sc3nc(C(F)(F)F)cc(-c4cnn(C)c4C)c23)c(C)c1[N+](=O)[O-]. The van der Waals surface area contributed by atoms with Crippen molar-refractivity contribution in [1.82, 2.24) is 24.5 Å². The van der Waals surface area contributed by atoms with Crippen LogP contribution in [0.5, 0.6) is 0 Å². The Labute approximate surface area is 216 Å². The number of halogens is 3. The molecule has 0 aliphatic heterocycles. The van der Waals surface area contributed by atoms with Crippen molar-refractivity contribution in [2.45, 2.75) is 39.9 Å². The lowest BCUT2D eigenvalue weighted by molar-refractivity contribution is -0.386. The van der Waals surface area contributed by atoms with E-state index in [1.54, 1.807) is 14.0 Å². The van der Waals surface area contributed by atoms with Gasteiger partial charge in [-0.15, -0.1) is 11.3 Å². The number of nitro groups is 1. The number of aryl methyl sites for hydroxylation is 2. The number of thiophene rings is 1. The lowest BCUT2D eigenvalue weighted by Gasteiger charge is -2.16. The molecule has 0 bridgehead atoms. The number of hydrogen-bond acceptors (Lipinski definition) is 8. The van der Waals surface area contributed by atoms with Gasteiger partial charge in [-0.1, -0.05) is 0 Å². The number of pyridine rings is 1. The maximum Gasteiger partial charge on any atom is 0.433 e. The largest absolute Gasteiger partial charge is 0.433 e. The van der Waals surface area contributed by atoms with Crippen LogP contribution in [0.15, 0.2) is 12.3 Å². The van der Waals surface area contributed by atoms with Crippen LogP contribution in [-0.2, 0) is 18.0 Å². The first-order chi connectivity index (χ1) is 17.6. The van der Waals surface area contributed by atoms with Gasteiger partial charge in [-0.05, 0) is 39.3 Å². The number of primary amides is 1. The Morgan fingerprint density at radius 1 is 1.21 bits per heavy atom. The molecule has 0 saturated carbocycles. The van der Waals surface area contributed by atoms with Crippen molar-refractivity contribution >= 4 is 44.7 Å². The van der Waals surface area contributed by atoms with Gasteiger partial charge in [-0.3, -0.25) is 29.1 Å². The van der Waals surface area contributed by atoms with Crippen molar-refractivity contribution in [1.29, 1.82) is 0 Å². The zero-order valence-corrected chi connectivity index (χ0v) is 21.5. The highest BCUT2D eigenvalue weighted by Crippen LogP contribution is 2.44. The lowest BCUT2D eigenvalue weighted by atomic mass is 10.0. The second-order valence-corrected chi connectivity index (χ2v) is 9.56. The Kier molecular flexibility index (Phi) is 6.47. The molecule has 200 valence electrons. The van der Waals surface area contributed by atoms with Gasteiger partial charge in [0, 0.05) is 23.7 Å². The number of aromatic nitrogens is 5. The summed E-state index contributed by atoms with van der Waals surface area (Å²) < 4.78 is 43.8. The quantitative estimate of drug-likeness (QED) is 0.270. The molecule has 16 heteroatoms. The minimum atomic E-state index is -4.79. The third-order valence-electron chi connectivity index (χ3n) is 6.17. The Balaban J connectivity index is 1.92. The second kappa shape index (κ2) is 9.20. The smallest absolute Gasteiger partial charge is 0.365 e. The third-order valence-corrected chi connectivity index (χ3v) is 7.26. The van der Waals surface area contributed by atoms with E-state index in [1.807, 2.05) is 0 Å². The van der Waals surface area contributed by atoms with Gasteiger partial charge in [0.15, 0.2) is 0 Å². The molecule has 1 atom stereocenters. The Morgan fingerprint density at radius 3 is 2.37 bits per heavy atom. The number of nitrogens with two attached hydrogens (primary N) is 1. The van der Waals surface area contributed by atoms with E-state index in [2.05, 4.69) is 20.5 Å². The molecule has 4 heterocycles. The summed E-state index contributed by atoms with van der Waals surface area (Å²) in [6.07, 6.45) is -3.42. The summed E-state index contributed by atoms with van der Waals surface area (Å²) in [5.74, 6) is -1.72. The molecule has 0 radical (unpaired) electrons. The van der Waals surface area contributed by atoms with Crippen LogP contribution in [0.25, 0.3) is 21.3 Å². The highest BCUT2D eigenvalue weighted by molar-refractivity contribution is 7.21. The van der Waals surface area contributed by atoms with E-state index in [-0.39, 0.29) is 43.4 Å². The van der Waals surface area contributed by atoms with Crippen LogP contribution in [0.2, 0.25) is 0 Å². The number of nitrogens with zero attached hydrogens (tertiary/aromatic N) is 6. The summed E-state index contributed by atoms with van der Waals surface area (Å²) in [4.78, 5) is 39.7. The summed E-state index contributed by atoms with van der Waals surface area (Å²) in [6, 6.07) is -0.267. The van der Waals surface area contributed by atoms with Crippen LogP contribution in [0.1, 0.15) is 45.4 Å². The summed E-state index contributed by atoms with van der Waals surface area (Å²) in [7, 11) is 1.61. The van der Waals surface area contributed by atoms with E-state index in [0.717, 1.165) is 10.7 Å². The summed E-state index contributed by atoms with van der Waals surface area (Å²) in [6.45, 7) is 5.95. The van der Waals surface area contributed by atoms with Crippen LogP contribution in [-0.4, -0.2) is 41.3 Å². The van der Waals surface area contributed by atoms with Crippen molar-refractivity contribution in [3.05, 3.63) is 50.0 Å². The van der Waals surface area contributed by atoms with Gasteiger partial charge in [-0.2, -0.15) is 23.4 Å². The first kappa shape index (κ1) is 26.7. The number of amides is 2. The third kappa shape index (κ3) is 4.36. The second-order valence-electron chi connectivity index (χ2n) is 8.56. The van der Waals surface area contributed by atoms with E-state index < -0.39 is 34.6 Å². The first-order valence-electron chi connectivity index (χ1n) is 11.0. The molecule has 0 aromatic carbocycles. The maximum atomic E-state index is 13.7. The molecule has 0 fully saturated rings. The van der Waals surface area contributed by atoms with Gasteiger partial charge in [0.25, 0.3) is 5.91 Å². The van der Waals surface area contributed by atoms with E-state index in [9.17, 15) is 32.9 Å². The molecular formula is C22H21F3N8O4S. The molecule has 4 aromatic heterocycles. The fraction of sp³-hybridized carbons (Fsp3) is 0.318. The van der Waals surface area contributed by atoms with Gasteiger partial charge in [0.1, 0.15) is 32.8 Å². The number of anilines is 1. The normalized spacial score (nSPS) is 12.6. The van der Waals surface area contributed by atoms with Gasteiger partial charge >= 0.3 is 11.9 Å². The number of rotatable bonds is 6. The minimum Gasteiger partial charge on any atom is -0.365 e. The van der Waals surface area contributed by atoms with Crippen LogP contribution >= 0.6 is 11.3 Å². The average molecular weight is 551 g/mol. The van der Waals surface area contributed by atoms with Crippen molar-refractivity contribution in [2.24, 2.45) is 12.8 Å². The Bertz CT molecular complexity index is 1640. The molecule has 3 N–H and O–H groups in total. The Hall–Kier alpha value is -4.34. The number of nitrogens with one attached hydrogen (secondary N) is 1. The first-order valence-corrected chi connectivity index (χ1v) is 11.8. The highest BCUT2D eigenvalue weighted by Gasteiger charge is 2.36. The standard InChI is InChI=1S/C22H21F3N8O4S/c1-8-17(33(36)37)10(3)32(30-8)11(4)20(35)29-16-15-12(13-7-27-31(5)9(13)2)6-14(22(23,24)25)28-21(15)38-18(16)19(26)34/h6-7,11H,1-5H3,(H2,26,34)(H,29,35). The van der Waals surface area contributed by atoms with Crippen molar-refractivity contribution in [3.63, 3.8) is 0 Å². The molecule has 0 saturated heterocycles. The van der Waals surface area contributed by atoms with Crippen LogP contribution < -0.4 is 11.1 Å². The monoisotopic (exact) mass is 550 g/mol. The molecule has 38 heavy (non-hydrogen) atoms. The van der Waals surface area contributed by atoms with Gasteiger partial charge < -0.3 is 11.1 Å². The molecule has 0 aliphatic rings. The predicted molar refractivity (Wildman–Crippen MR) is 132 cm³/mol. The van der Waals surface area contributed by atoms with Crippen molar-refractivity contribution < 1.29 is 27.7 Å². The van der Waals surface area contributed by atoms with Crippen LogP contribution in [0.3, 0.4) is 0 Å². The zero-order chi connectivity index (χ0) is 28.3. The summed E-state index contributed by atoms with van der Waals surface area (Å²) in [5, 5.41) is 22.2. The minimum absolute atomic E-state index is 0.0429. The highest BCUT2D eigenvalue weighted by atomic mass is 32.1. The number of alkyl halides is 3. The fourth-order valence-corrected chi connectivity index (χ4v) is 5.15. The van der Waals surface area contributed by atoms with Gasteiger partial charge in [0.05, 0.1) is 16.8 Å². The van der Waals surface area contributed by atoms with Crippen molar-refractivity contribution in [3.8, 4) is 11.1 Å². The average Bonchev–Trinajstić information content (AvgIpc) is 3.45. The summed E-state index contributed by atoms with van der Waals surface area (Å²) >= 11 is 0.608. The van der Waals surface area contributed by atoms with Crippen LogP contribution in [0.4, 0.5) is 24.5 Å². The Morgan fingerprint density at radius 2 is 1.87 bits per heavy atom. The van der Waals surface area contributed by atoms with E-state index in [1.165, 1.54) is 31.6 Å². The molecule has 4 rings (SSSR count). The van der Waals surface area contributed by atoms with E-state index in [0.29, 0.717) is 22.6 Å². The van der Waals surface area contributed by atoms with Crippen molar-refractivity contribution in [2.75, 3.05) is 5.32 Å². The molecule has 12 nitrogen and oxygen atoms in total. The number of hydrogen-bond donors (Lipinski definition) is 2. The molecule has 4 aromatic rings. The molecular weight excluding hydrogens is 529 g/mol. The molecule has 0 aliphatic carbocycles. The van der Waals surface area contributed by atoms with Gasteiger partial charge in [-0.25, -0.2) is 4.98 Å². The van der Waals surface area contributed by atoms with E-state index in [4.69, 9.17) is 5.73 Å². The van der Waals surface area contributed by atoms with E-state index >= 15 is 0 Å². The number of carbonyl (C=O) groups excluding carboxylic acids is 2. The fourth-order valence-electron chi connectivity index (χ4n) is 4.15. The molecule has 2 amide bonds. The predicted octanol–water partition coefficient (Wildman–Crippen LogP) is 4.04. The lowest BCUT2D eigenvalue weighted by Crippen LogP contribution is -2.26. The topological polar surface area (TPSA) is 164 Å². The molecule has 0 spiro atoms.